The summed E-state index contributed by atoms with van der Waals surface area (Å²) in [5.41, 5.74) is 0. The molecule has 0 spiro atoms. The van der Waals surface area contributed by atoms with Gasteiger partial charge in [0.25, 0.3) is 5.91 Å². The van der Waals surface area contributed by atoms with E-state index in [1.165, 1.54) is 0 Å². The van der Waals surface area contributed by atoms with Crippen molar-refractivity contribution in [3.05, 3.63) is 24.3 Å². The summed E-state index contributed by atoms with van der Waals surface area (Å²) in [5.74, 6) is -0.0563. The van der Waals surface area contributed by atoms with Gasteiger partial charge in [-0.1, -0.05) is 25.5 Å². The Bertz CT molecular complexity index is 517. The molecule has 1 heterocycles. The highest BCUT2D eigenvalue weighted by atomic mass is 16.6. The number of carboxylic acids is 1. The summed E-state index contributed by atoms with van der Waals surface area (Å²) in [6.07, 6.45) is 0.0289. The summed E-state index contributed by atoms with van der Waals surface area (Å²) >= 11 is 0. The summed E-state index contributed by atoms with van der Waals surface area (Å²) in [5, 5.41) is 11.5. The molecule has 0 aliphatic carbocycles. The molecular weight excluding hydrogens is 274 g/mol. The number of hydrogen-bond acceptors (Lipinski definition) is 4. The first-order valence-corrected chi connectivity index (χ1v) is 6.98. The molecule has 0 saturated heterocycles. The number of para-hydroxylation sites is 2. The van der Waals surface area contributed by atoms with Crippen molar-refractivity contribution in [2.45, 2.75) is 25.9 Å². The monoisotopic (exact) mass is 293 g/mol. The molecule has 2 atom stereocenters. The van der Waals surface area contributed by atoms with Crippen molar-refractivity contribution >= 4 is 11.9 Å². The van der Waals surface area contributed by atoms with Gasteiger partial charge in [0, 0.05) is 13.0 Å². The molecule has 1 amide bonds. The third-order valence-corrected chi connectivity index (χ3v) is 3.41. The zero-order valence-corrected chi connectivity index (χ0v) is 11.9. The highest BCUT2D eigenvalue weighted by Crippen LogP contribution is 2.30. The van der Waals surface area contributed by atoms with E-state index in [0.717, 1.165) is 0 Å². The van der Waals surface area contributed by atoms with Crippen LogP contribution in [0.3, 0.4) is 0 Å². The molecule has 1 aliphatic heterocycles. The molecule has 6 heteroatoms. The number of carboxylic acid groups (broad SMARTS) is 1. The van der Waals surface area contributed by atoms with Gasteiger partial charge in [-0.2, -0.15) is 0 Å². The van der Waals surface area contributed by atoms with E-state index < -0.39 is 12.1 Å². The van der Waals surface area contributed by atoms with E-state index in [0.29, 0.717) is 24.5 Å². The SMILES string of the molecule is CCC(CNC(=O)C1COc2ccccc2O1)CC(=O)O. The van der Waals surface area contributed by atoms with Crippen molar-refractivity contribution in [1.82, 2.24) is 5.32 Å². The van der Waals surface area contributed by atoms with Gasteiger partial charge in [-0.05, 0) is 18.1 Å². The molecule has 0 aromatic heterocycles. The maximum atomic E-state index is 12.1. The highest BCUT2D eigenvalue weighted by Gasteiger charge is 2.27. The Hall–Kier alpha value is -2.24. The minimum Gasteiger partial charge on any atom is -0.485 e. The Kier molecular flexibility index (Phi) is 5.03. The first kappa shape index (κ1) is 15.2. The van der Waals surface area contributed by atoms with Crippen molar-refractivity contribution in [3.8, 4) is 11.5 Å². The van der Waals surface area contributed by atoms with Gasteiger partial charge in [-0.15, -0.1) is 0 Å². The highest BCUT2D eigenvalue weighted by molar-refractivity contribution is 5.81. The molecular formula is C15H19NO5. The number of fused-ring (bicyclic) bond motifs is 1. The largest absolute Gasteiger partial charge is 0.485 e. The number of amides is 1. The minimum atomic E-state index is -0.859. The van der Waals surface area contributed by atoms with Gasteiger partial charge in [-0.25, -0.2) is 0 Å². The van der Waals surface area contributed by atoms with Gasteiger partial charge in [0.15, 0.2) is 11.5 Å². The van der Waals surface area contributed by atoms with Crippen molar-refractivity contribution in [2.75, 3.05) is 13.2 Å². The second-order valence-corrected chi connectivity index (χ2v) is 4.98. The van der Waals surface area contributed by atoms with Crippen LogP contribution in [0.4, 0.5) is 0 Å². The van der Waals surface area contributed by atoms with Crippen LogP contribution in [0.2, 0.25) is 0 Å². The van der Waals surface area contributed by atoms with Crippen LogP contribution < -0.4 is 14.8 Å². The summed E-state index contributed by atoms with van der Waals surface area (Å²) in [6, 6.07) is 7.17. The standard InChI is InChI=1S/C15H19NO5/c1-2-10(7-14(17)18)8-16-15(19)13-9-20-11-5-3-4-6-12(11)21-13/h3-6,10,13H,2,7-9H2,1H3,(H,16,19)(H,17,18). The van der Waals surface area contributed by atoms with E-state index in [1.54, 1.807) is 12.1 Å². The van der Waals surface area contributed by atoms with Gasteiger partial charge in [0.05, 0.1) is 0 Å². The Morgan fingerprint density at radius 1 is 1.38 bits per heavy atom. The van der Waals surface area contributed by atoms with Crippen LogP contribution in [-0.2, 0) is 9.59 Å². The zero-order chi connectivity index (χ0) is 15.2. The number of benzene rings is 1. The molecule has 2 N–H and O–H groups in total. The Morgan fingerprint density at radius 2 is 2.10 bits per heavy atom. The Balaban J connectivity index is 1.86. The molecule has 0 bridgehead atoms. The lowest BCUT2D eigenvalue weighted by atomic mass is 10.0. The maximum absolute atomic E-state index is 12.1. The van der Waals surface area contributed by atoms with E-state index in [2.05, 4.69) is 5.32 Å². The maximum Gasteiger partial charge on any atom is 0.303 e. The summed E-state index contributed by atoms with van der Waals surface area (Å²) in [6.45, 7) is 2.37. The topological polar surface area (TPSA) is 84.9 Å². The van der Waals surface area contributed by atoms with Crippen LogP contribution in [-0.4, -0.2) is 36.2 Å². The molecule has 1 aliphatic rings. The fourth-order valence-electron chi connectivity index (χ4n) is 2.12. The third kappa shape index (κ3) is 4.11. The normalized spacial score (nSPS) is 17.9. The lowest BCUT2D eigenvalue weighted by Gasteiger charge is -2.26. The molecule has 114 valence electrons. The molecule has 2 unspecified atom stereocenters. The summed E-state index contributed by atoms with van der Waals surface area (Å²) in [4.78, 5) is 22.7. The number of rotatable bonds is 6. The number of carbonyl (C=O) groups excluding carboxylic acids is 1. The Morgan fingerprint density at radius 3 is 2.76 bits per heavy atom. The van der Waals surface area contributed by atoms with Crippen molar-refractivity contribution in [1.29, 1.82) is 0 Å². The van der Waals surface area contributed by atoms with Crippen LogP contribution >= 0.6 is 0 Å². The van der Waals surface area contributed by atoms with Crippen LogP contribution in [0, 0.1) is 5.92 Å². The first-order chi connectivity index (χ1) is 10.1. The quantitative estimate of drug-likeness (QED) is 0.829. The molecule has 0 saturated carbocycles. The third-order valence-electron chi connectivity index (χ3n) is 3.41. The summed E-state index contributed by atoms with van der Waals surface area (Å²) in [7, 11) is 0. The molecule has 1 aromatic rings. The van der Waals surface area contributed by atoms with E-state index in [1.807, 2.05) is 19.1 Å². The number of carbonyl (C=O) groups is 2. The van der Waals surface area contributed by atoms with Gasteiger partial charge >= 0.3 is 5.97 Å². The first-order valence-electron chi connectivity index (χ1n) is 6.98. The van der Waals surface area contributed by atoms with Gasteiger partial charge in [-0.3, -0.25) is 9.59 Å². The van der Waals surface area contributed by atoms with E-state index >= 15 is 0 Å². The fourth-order valence-corrected chi connectivity index (χ4v) is 2.12. The molecule has 21 heavy (non-hydrogen) atoms. The van der Waals surface area contributed by atoms with Crippen molar-refractivity contribution < 1.29 is 24.2 Å². The second kappa shape index (κ2) is 6.97. The average molecular weight is 293 g/mol. The number of nitrogens with one attached hydrogen (secondary N) is 1. The number of ether oxygens (including phenoxy) is 2. The van der Waals surface area contributed by atoms with Gasteiger partial charge in [0.2, 0.25) is 6.10 Å². The van der Waals surface area contributed by atoms with Gasteiger partial charge in [0.1, 0.15) is 6.61 Å². The van der Waals surface area contributed by atoms with Crippen LogP contribution in [0.1, 0.15) is 19.8 Å². The number of hydrogen-bond donors (Lipinski definition) is 2. The average Bonchev–Trinajstić information content (AvgIpc) is 2.50. The predicted molar refractivity (Wildman–Crippen MR) is 75.4 cm³/mol. The van der Waals surface area contributed by atoms with E-state index in [9.17, 15) is 9.59 Å². The molecule has 0 radical (unpaired) electrons. The predicted octanol–water partition coefficient (Wildman–Crippen LogP) is 1.44. The van der Waals surface area contributed by atoms with E-state index in [-0.39, 0.29) is 24.9 Å². The van der Waals surface area contributed by atoms with Crippen LogP contribution in [0.15, 0.2) is 24.3 Å². The smallest absolute Gasteiger partial charge is 0.303 e. The number of aliphatic carboxylic acids is 1. The van der Waals surface area contributed by atoms with Crippen molar-refractivity contribution in [3.63, 3.8) is 0 Å². The van der Waals surface area contributed by atoms with E-state index in [4.69, 9.17) is 14.6 Å². The zero-order valence-electron chi connectivity index (χ0n) is 11.9. The van der Waals surface area contributed by atoms with Crippen molar-refractivity contribution in [2.24, 2.45) is 5.92 Å². The molecule has 2 rings (SSSR count). The summed E-state index contributed by atoms with van der Waals surface area (Å²) < 4.78 is 11.1. The lowest BCUT2D eigenvalue weighted by molar-refractivity contribution is -0.138. The fraction of sp³-hybridized carbons (Fsp3) is 0.467. The van der Waals surface area contributed by atoms with Crippen LogP contribution in [0.25, 0.3) is 0 Å². The van der Waals surface area contributed by atoms with Gasteiger partial charge < -0.3 is 19.9 Å². The molecule has 6 nitrogen and oxygen atoms in total. The second-order valence-electron chi connectivity index (χ2n) is 4.98. The lowest BCUT2D eigenvalue weighted by Crippen LogP contribution is -2.45. The minimum absolute atomic E-state index is 0.0433. The van der Waals surface area contributed by atoms with Crippen LogP contribution in [0.5, 0.6) is 11.5 Å². The Labute approximate surface area is 123 Å². The molecule has 0 fully saturated rings. The molecule has 1 aromatic carbocycles.